The Labute approximate surface area is 119 Å². The van der Waals surface area contributed by atoms with Gasteiger partial charge in [0.25, 0.3) is 0 Å². The summed E-state index contributed by atoms with van der Waals surface area (Å²) < 4.78 is 11.7. The van der Waals surface area contributed by atoms with Gasteiger partial charge in [-0.2, -0.15) is 0 Å². The van der Waals surface area contributed by atoms with E-state index in [4.69, 9.17) is 9.47 Å². The molecule has 4 nitrogen and oxygen atoms in total. The van der Waals surface area contributed by atoms with Crippen LogP contribution in [-0.4, -0.2) is 24.9 Å². The molecule has 1 aliphatic carbocycles. The fourth-order valence-corrected chi connectivity index (χ4v) is 3.20. The minimum Gasteiger partial charge on any atom is -0.347 e. The molecule has 0 bridgehead atoms. The maximum Gasteiger partial charge on any atom is 0.221 e. The van der Waals surface area contributed by atoms with Crippen LogP contribution in [0.2, 0.25) is 0 Å². The number of aryl methyl sites for hydroxylation is 2. The number of nitrogens with one attached hydrogen (secondary N) is 1. The summed E-state index contributed by atoms with van der Waals surface area (Å²) in [6, 6.07) is 4.28. The molecule has 20 heavy (non-hydrogen) atoms. The number of ether oxygens (including phenoxy) is 2. The van der Waals surface area contributed by atoms with Crippen molar-refractivity contribution in [1.82, 2.24) is 0 Å². The largest absolute Gasteiger partial charge is 0.347 e. The molecule has 4 heteroatoms. The first-order valence-corrected chi connectivity index (χ1v) is 7.26. The molecular weight excluding hydrogens is 254 g/mol. The van der Waals surface area contributed by atoms with E-state index in [2.05, 4.69) is 17.4 Å². The Morgan fingerprint density at radius 3 is 2.70 bits per heavy atom. The lowest BCUT2D eigenvalue weighted by Crippen LogP contribution is -2.32. The quantitative estimate of drug-likeness (QED) is 0.857. The molecule has 1 aliphatic heterocycles. The molecule has 1 N–H and O–H groups in total. The Balaban J connectivity index is 1.93. The fourth-order valence-electron chi connectivity index (χ4n) is 3.20. The van der Waals surface area contributed by atoms with Crippen LogP contribution in [-0.2, 0) is 27.1 Å². The number of hydrogen-bond donors (Lipinski definition) is 1. The Kier molecular flexibility index (Phi) is 3.52. The van der Waals surface area contributed by atoms with Crippen LogP contribution in [0.5, 0.6) is 0 Å². The summed E-state index contributed by atoms with van der Waals surface area (Å²) in [7, 11) is 0. The Morgan fingerprint density at radius 2 is 2.00 bits per heavy atom. The van der Waals surface area contributed by atoms with Gasteiger partial charge in [-0.25, -0.2) is 0 Å². The Hall–Kier alpha value is -1.39. The number of carbonyl (C=O) groups is 1. The predicted molar refractivity (Wildman–Crippen MR) is 76.8 cm³/mol. The number of fused-ring (bicyclic) bond motifs is 1. The number of anilines is 1. The van der Waals surface area contributed by atoms with Gasteiger partial charge in [-0.3, -0.25) is 4.79 Å². The van der Waals surface area contributed by atoms with Crippen LogP contribution in [0.15, 0.2) is 12.1 Å². The van der Waals surface area contributed by atoms with Gasteiger partial charge in [-0.05, 0) is 42.5 Å². The second kappa shape index (κ2) is 5.19. The maximum absolute atomic E-state index is 11.3. The third-order valence-corrected chi connectivity index (χ3v) is 4.13. The molecule has 0 atom stereocenters. The first-order valence-electron chi connectivity index (χ1n) is 7.26. The highest BCUT2D eigenvalue weighted by Crippen LogP contribution is 2.36. The average molecular weight is 275 g/mol. The second-order valence-corrected chi connectivity index (χ2v) is 5.75. The molecule has 1 fully saturated rings. The molecule has 0 aromatic heterocycles. The molecule has 3 rings (SSSR count). The standard InChI is InChI=1S/C16H21NO3/c1-11-8-14-10-16(19-6-7-20-16)5-3-4-13(14)9-15(11)17-12(2)18/h8-9H,3-7,10H2,1-2H3,(H,17,18). The first kappa shape index (κ1) is 13.6. The van der Waals surface area contributed by atoms with Crippen molar-refractivity contribution in [3.8, 4) is 0 Å². The summed E-state index contributed by atoms with van der Waals surface area (Å²) in [5, 5.41) is 2.90. The minimum atomic E-state index is -0.410. The van der Waals surface area contributed by atoms with Crippen molar-refractivity contribution >= 4 is 11.6 Å². The van der Waals surface area contributed by atoms with Crippen molar-refractivity contribution in [2.24, 2.45) is 0 Å². The highest BCUT2D eigenvalue weighted by molar-refractivity contribution is 5.89. The van der Waals surface area contributed by atoms with Crippen molar-refractivity contribution in [3.05, 3.63) is 28.8 Å². The van der Waals surface area contributed by atoms with E-state index in [1.165, 1.54) is 11.1 Å². The molecule has 1 spiro atoms. The highest BCUT2D eigenvalue weighted by Gasteiger charge is 2.38. The third kappa shape index (κ3) is 2.58. The summed E-state index contributed by atoms with van der Waals surface area (Å²) in [5.74, 6) is -0.437. The molecule has 0 saturated carbocycles. The lowest BCUT2D eigenvalue weighted by atomic mass is 9.97. The zero-order chi connectivity index (χ0) is 14.2. The molecular formula is C16H21NO3. The van der Waals surface area contributed by atoms with E-state index < -0.39 is 5.79 Å². The maximum atomic E-state index is 11.3. The monoisotopic (exact) mass is 275 g/mol. The summed E-state index contributed by atoms with van der Waals surface area (Å²) in [6.45, 7) is 4.95. The van der Waals surface area contributed by atoms with Gasteiger partial charge >= 0.3 is 0 Å². The van der Waals surface area contributed by atoms with Crippen LogP contribution in [0.25, 0.3) is 0 Å². The molecule has 1 heterocycles. The summed E-state index contributed by atoms with van der Waals surface area (Å²) in [5.41, 5.74) is 4.60. The molecule has 0 unspecified atom stereocenters. The van der Waals surface area contributed by atoms with Gasteiger partial charge in [0.2, 0.25) is 5.91 Å². The number of amides is 1. The average Bonchev–Trinajstić information content (AvgIpc) is 2.74. The van der Waals surface area contributed by atoms with Gasteiger partial charge in [0.15, 0.2) is 5.79 Å². The normalized spacial score (nSPS) is 20.5. The first-order chi connectivity index (χ1) is 9.58. The van der Waals surface area contributed by atoms with E-state index in [1.807, 2.05) is 6.92 Å². The van der Waals surface area contributed by atoms with Crippen LogP contribution in [0, 0.1) is 6.92 Å². The van der Waals surface area contributed by atoms with E-state index in [9.17, 15) is 4.79 Å². The van der Waals surface area contributed by atoms with E-state index >= 15 is 0 Å². The fraction of sp³-hybridized carbons (Fsp3) is 0.562. The number of rotatable bonds is 1. The van der Waals surface area contributed by atoms with Crippen LogP contribution in [0.3, 0.4) is 0 Å². The number of carbonyl (C=O) groups excluding carboxylic acids is 1. The molecule has 0 radical (unpaired) electrons. The molecule has 1 amide bonds. The van der Waals surface area contributed by atoms with E-state index in [0.29, 0.717) is 13.2 Å². The van der Waals surface area contributed by atoms with Crippen molar-refractivity contribution in [2.45, 2.75) is 45.3 Å². The van der Waals surface area contributed by atoms with E-state index in [-0.39, 0.29) is 5.91 Å². The predicted octanol–water partition coefficient (Wildman–Crippen LogP) is 2.58. The molecule has 1 aromatic rings. The van der Waals surface area contributed by atoms with Gasteiger partial charge in [-0.1, -0.05) is 6.07 Å². The lowest BCUT2D eigenvalue weighted by Gasteiger charge is -2.26. The van der Waals surface area contributed by atoms with Crippen LogP contribution < -0.4 is 5.32 Å². The summed E-state index contributed by atoms with van der Waals surface area (Å²) >= 11 is 0. The van der Waals surface area contributed by atoms with Crippen molar-refractivity contribution in [3.63, 3.8) is 0 Å². The molecule has 108 valence electrons. The Bertz CT molecular complexity index is 533. The van der Waals surface area contributed by atoms with Gasteiger partial charge in [0.05, 0.1) is 13.2 Å². The minimum absolute atomic E-state index is 0.0272. The molecule has 2 aliphatic rings. The lowest BCUT2D eigenvalue weighted by molar-refractivity contribution is -0.160. The smallest absolute Gasteiger partial charge is 0.221 e. The van der Waals surface area contributed by atoms with Crippen LogP contribution >= 0.6 is 0 Å². The molecule has 1 aromatic carbocycles. The Morgan fingerprint density at radius 1 is 1.25 bits per heavy atom. The van der Waals surface area contributed by atoms with Crippen molar-refractivity contribution < 1.29 is 14.3 Å². The number of hydrogen-bond acceptors (Lipinski definition) is 3. The highest BCUT2D eigenvalue weighted by atomic mass is 16.7. The summed E-state index contributed by atoms with van der Waals surface area (Å²) in [4.78, 5) is 11.3. The van der Waals surface area contributed by atoms with E-state index in [0.717, 1.165) is 36.9 Å². The molecule has 1 saturated heterocycles. The number of benzene rings is 1. The van der Waals surface area contributed by atoms with Gasteiger partial charge in [0.1, 0.15) is 0 Å². The van der Waals surface area contributed by atoms with Crippen molar-refractivity contribution in [2.75, 3.05) is 18.5 Å². The van der Waals surface area contributed by atoms with Gasteiger partial charge in [-0.15, -0.1) is 0 Å². The zero-order valence-corrected chi connectivity index (χ0v) is 12.1. The second-order valence-electron chi connectivity index (χ2n) is 5.75. The van der Waals surface area contributed by atoms with Crippen LogP contribution in [0.4, 0.5) is 5.69 Å². The van der Waals surface area contributed by atoms with Gasteiger partial charge < -0.3 is 14.8 Å². The topological polar surface area (TPSA) is 47.6 Å². The van der Waals surface area contributed by atoms with E-state index in [1.54, 1.807) is 6.92 Å². The van der Waals surface area contributed by atoms with Gasteiger partial charge in [0, 0.05) is 25.5 Å². The third-order valence-electron chi connectivity index (χ3n) is 4.13. The summed E-state index contributed by atoms with van der Waals surface area (Å²) in [6.07, 6.45) is 3.81. The van der Waals surface area contributed by atoms with Crippen molar-refractivity contribution in [1.29, 1.82) is 0 Å². The zero-order valence-electron chi connectivity index (χ0n) is 12.1. The van der Waals surface area contributed by atoms with Crippen LogP contribution in [0.1, 0.15) is 36.5 Å². The SMILES string of the molecule is CC(=O)Nc1cc2c(cc1C)CC1(CCC2)OCCO1.